The van der Waals surface area contributed by atoms with Crippen LogP contribution >= 0.6 is 0 Å². The second kappa shape index (κ2) is 17.7. The lowest BCUT2D eigenvalue weighted by atomic mass is 9.83. The van der Waals surface area contributed by atoms with Crippen LogP contribution in [0.2, 0.25) is 0 Å². The number of nitrogens with two attached hydrogens (primary N) is 1. The molecule has 1 aromatic heterocycles. The lowest BCUT2D eigenvalue weighted by Gasteiger charge is -2.18. The van der Waals surface area contributed by atoms with E-state index in [-0.39, 0.29) is 5.54 Å². The third-order valence-corrected chi connectivity index (χ3v) is 12.1. The number of aromatic nitrogens is 1. The molecule has 59 heavy (non-hydrogen) atoms. The highest BCUT2D eigenvalue weighted by molar-refractivity contribution is 6.30. The summed E-state index contributed by atoms with van der Waals surface area (Å²) in [7, 11) is 3.72. The number of benzene rings is 7. The number of hydrogen-bond donors (Lipinski definition) is 2. The Bertz CT molecular complexity index is 2800. The fourth-order valence-electron chi connectivity index (χ4n) is 9.34. The molecule has 11 rings (SSSR count). The van der Waals surface area contributed by atoms with Crippen LogP contribution in [-0.2, 0) is 12.6 Å². The molecule has 294 valence electrons. The first-order valence-corrected chi connectivity index (χ1v) is 21.3. The summed E-state index contributed by atoms with van der Waals surface area (Å²) >= 11 is 0. The number of nitrogens with zero attached hydrogens (tertiary/aromatic N) is 1. The number of rotatable bonds is 5. The van der Waals surface area contributed by atoms with Gasteiger partial charge in [0.2, 0.25) is 0 Å². The van der Waals surface area contributed by atoms with Gasteiger partial charge in [0.1, 0.15) is 0 Å². The fraction of sp³-hybridized carbons (Fsp3) is 0.179. The average molecular weight is 770 g/mol. The van der Waals surface area contributed by atoms with Crippen LogP contribution in [0.25, 0.3) is 60.1 Å². The van der Waals surface area contributed by atoms with Gasteiger partial charge in [0, 0.05) is 17.8 Å². The Kier molecular flexibility index (Phi) is 11.9. The molecule has 3 aliphatic rings. The molecular formula is C56H55N3. The van der Waals surface area contributed by atoms with Crippen LogP contribution < -0.4 is 11.1 Å². The molecule has 0 spiro atoms. The minimum Gasteiger partial charge on any atom is -0.344 e. The zero-order chi connectivity index (χ0) is 40.8. The summed E-state index contributed by atoms with van der Waals surface area (Å²) in [6.07, 6.45) is 18.0. The summed E-state index contributed by atoms with van der Waals surface area (Å²) in [5, 5.41) is 11.8. The van der Waals surface area contributed by atoms with Gasteiger partial charge < -0.3 is 10.3 Å². The van der Waals surface area contributed by atoms with Crippen LogP contribution in [0.5, 0.6) is 0 Å². The van der Waals surface area contributed by atoms with E-state index in [0.717, 1.165) is 25.7 Å². The molecule has 1 fully saturated rings. The Morgan fingerprint density at radius 3 is 1.51 bits per heavy atom. The largest absolute Gasteiger partial charge is 0.344 e. The SMILES string of the molecule is C1=CCCC(C2NC2(c2ccccc2)c2ccccc2)=C1.CC.CN.Cn1c2cc(C3=CC=CCC3)c3ccccc3c2c2c3ccccc3c(-c3ccccc3)cc21. The van der Waals surface area contributed by atoms with E-state index in [1.807, 2.05) is 13.8 Å². The third-order valence-electron chi connectivity index (χ3n) is 12.1. The van der Waals surface area contributed by atoms with E-state index >= 15 is 0 Å². The predicted octanol–water partition coefficient (Wildman–Crippen LogP) is 13.8. The van der Waals surface area contributed by atoms with Gasteiger partial charge in [-0.15, -0.1) is 0 Å². The van der Waals surface area contributed by atoms with Gasteiger partial charge >= 0.3 is 0 Å². The molecule has 1 aliphatic heterocycles. The highest BCUT2D eigenvalue weighted by Gasteiger charge is 2.57. The van der Waals surface area contributed by atoms with Gasteiger partial charge in [-0.1, -0.05) is 195 Å². The Labute approximate surface area is 349 Å². The van der Waals surface area contributed by atoms with E-state index in [1.54, 1.807) is 0 Å². The summed E-state index contributed by atoms with van der Waals surface area (Å²) in [5.41, 5.74) is 16.6. The fourth-order valence-corrected chi connectivity index (χ4v) is 9.34. The Morgan fingerprint density at radius 1 is 0.542 bits per heavy atom. The van der Waals surface area contributed by atoms with Gasteiger partial charge in [-0.05, 0) is 99.8 Å². The molecule has 2 aliphatic carbocycles. The van der Waals surface area contributed by atoms with Crippen molar-refractivity contribution in [3.63, 3.8) is 0 Å². The lowest BCUT2D eigenvalue weighted by Crippen LogP contribution is -2.17. The normalized spacial score (nSPS) is 16.3. The second-order valence-corrected chi connectivity index (χ2v) is 15.1. The van der Waals surface area contributed by atoms with E-state index in [9.17, 15) is 0 Å². The van der Waals surface area contributed by atoms with Crippen molar-refractivity contribution in [1.82, 2.24) is 9.88 Å². The summed E-state index contributed by atoms with van der Waals surface area (Å²) in [4.78, 5) is 0. The van der Waals surface area contributed by atoms with E-state index in [4.69, 9.17) is 0 Å². The monoisotopic (exact) mass is 769 g/mol. The number of nitrogens with one attached hydrogen (secondary N) is 1. The highest BCUT2D eigenvalue weighted by Crippen LogP contribution is 2.49. The van der Waals surface area contributed by atoms with Gasteiger partial charge in [0.25, 0.3) is 0 Å². The molecule has 1 unspecified atom stereocenters. The van der Waals surface area contributed by atoms with Crippen LogP contribution in [-0.4, -0.2) is 17.7 Å². The first-order chi connectivity index (χ1) is 29.2. The van der Waals surface area contributed by atoms with Crippen molar-refractivity contribution in [2.75, 3.05) is 7.05 Å². The minimum absolute atomic E-state index is 0.0421. The molecule has 2 heterocycles. The number of fused-ring (bicyclic) bond motifs is 7. The lowest BCUT2D eigenvalue weighted by molar-refractivity contribution is 0.778. The van der Waals surface area contributed by atoms with Crippen molar-refractivity contribution < 1.29 is 0 Å². The summed E-state index contributed by atoms with van der Waals surface area (Å²) in [6.45, 7) is 4.00. The average Bonchev–Trinajstić information content (AvgIpc) is 4.04. The van der Waals surface area contributed by atoms with Gasteiger partial charge in [-0.2, -0.15) is 0 Å². The topological polar surface area (TPSA) is 52.9 Å². The first-order valence-electron chi connectivity index (χ1n) is 21.3. The minimum atomic E-state index is -0.0421. The van der Waals surface area contributed by atoms with Crippen LogP contribution in [0.1, 0.15) is 56.2 Å². The van der Waals surface area contributed by atoms with Crippen LogP contribution in [0.15, 0.2) is 194 Å². The van der Waals surface area contributed by atoms with Crippen LogP contribution in [0.4, 0.5) is 0 Å². The zero-order valence-electron chi connectivity index (χ0n) is 34.8. The smallest absolute Gasteiger partial charge is 0.0891 e. The summed E-state index contributed by atoms with van der Waals surface area (Å²) < 4.78 is 2.40. The molecule has 3 N–H and O–H groups in total. The number of allylic oxidation sites excluding steroid dienone is 7. The second-order valence-electron chi connectivity index (χ2n) is 15.1. The molecule has 8 aromatic rings. The van der Waals surface area contributed by atoms with Crippen molar-refractivity contribution in [2.45, 2.75) is 51.1 Å². The Hall–Kier alpha value is -6.26. The first kappa shape index (κ1) is 39.6. The van der Waals surface area contributed by atoms with E-state index in [2.05, 4.69) is 211 Å². The maximum atomic E-state index is 4.50. The van der Waals surface area contributed by atoms with Gasteiger partial charge in [0.05, 0.1) is 22.6 Å². The van der Waals surface area contributed by atoms with Gasteiger partial charge in [-0.3, -0.25) is 5.32 Å². The summed E-state index contributed by atoms with van der Waals surface area (Å²) in [5.74, 6) is 0. The molecule has 3 heteroatoms. The van der Waals surface area contributed by atoms with Crippen LogP contribution in [0.3, 0.4) is 0 Å². The summed E-state index contributed by atoms with van der Waals surface area (Å²) in [6, 6.07) is 55.5. The maximum absolute atomic E-state index is 4.50. The molecule has 3 nitrogen and oxygen atoms in total. The van der Waals surface area contributed by atoms with Crippen molar-refractivity contribution in [1.29, 1.82) is 0 Å². The molecule has 0 saturated carbocycles. The molecule has 0 radical (unpaired) electrons. The number of aryl methyl sites for hydroxylation is 1. The standard InChI is InChI=1S/C33H25N.C20H19N.C2H6.CH5N/c1-34-30-20-28(22-12-4-2-5-13-22)24-16-8-10-18-26(24)32(30)33-27-19-11-9-17-25(27)29(21-31(33)34)23-14-6-3-7-15-23;1-4-10-16(11-5-1)19-20(21-19,17-12-6-2-7-13-17)18-14-8-3-9-15-18;2*1-2/h2-6,8-14,16-21H,7,15H2,1H3;1-4,6-10,12-15,19,21H,5,11H2;1-2H3;2H2,1H3. The van der Waals surface area contributed by atoms with Crippen molar-refractivity contribution in [2.24, 2.45) is 12.8 Å². The highest BCUT2D eigenvalue weighted by atomic mass is 15.2. The molecule has 7 aromatic carbocycles. The van der Waals surface area contributed by atoms with Gasteiger partial charge in [-0.25, -0.2) is 0 Å². The zero-order valence-corrected chi connectivity index (χ0v) is 34.8. The van der Waals surface area contributed by atoms with Crippen molar-refractivity contribution in [3.8, 4) is 11.1 Å². The van der Waals surface area contributed by atoms with Crippen molar-refractivity contribution in [3.05, 3.63) is 210 Å². The molecule has 0 amide bonds. The number of hydrogen-bond acceptors (Lipinski definition) is 2. The van der Waals surface area contributed by atoms with Crippen molar-refractivity contribution >= 4 is 48.9 Å². The van der Waals surface area contributed by atoms with E-state index in [1.165, 1.54) is 89.4 Å². The molecular weight excluding hydrogens is 715 g/mol. The quantitative estimate of drug-likeness (QED) is 0.171. The van der Waals surface area contributed by atoms with E-state index in [0.29, 0.717) is 6.04 Å². The molecule has 1 atom stereocenters. The predicted molar refractivity (Wildman–Crippen MR) is 256 cm³/mol. The Balaban J connectivity index is 0.000000166. The molecule has 1 saturated heterocycles. The van der Waals surface area contributed by atoms with E-state index < -0.39 is 0 Å². The Morgan fingerprint density at radius 2 is 1.00 bits per heavy atom. The third kappa shape index (κ3) is 7.26. The molecule has 0 bridgehead atoms. The van der Waals surface area contributed by atoms with Crippen LogP contribution in [0, 0.1) is 0 Å². The maximum Gasteiger partial charge on any atom is 0.0891 e. The van der Waals surface area contributed by atoms with Gasteiger partial charge in [0.15, 0.2) is 0 Å².